The van der Waals surface area contributed by atoms with E-state index in [4.69, 9.17) is 66.3 Å². The molecular formula is C48H74O18. The highest BCUT2D eigenvalue weighted by molar-refractivity contribution is 5.74. The highest BCUT2D eigenvalue weighted by atomic mass is 16.8. The molecule has 0 bridgehead atoms. The molecule has 9 rings (SSSR count). The maximum Gasteiger partial charge on any atom is 0.309 e. The third-order valence-corrected chi connectivity index (χ3v) is 16.5. The van der Waals surface area contributed by atoms with Crippen LogP contribution in [-0.4, -0.2) is 172 Å². The molecule has 24 atom stereocenters. The summed E-state index contributed by atoms with van der Waals surface area (Å²) in [6.45, 7) is 11.8. The van der Waals surface area contributed by atoms with Crippen molar-refractivity contribution >= 4 is 5.97 Å². The van der Waals surface area contributed by atoms with Crippen LogP contribution in [0.15, 0.2) is 23.5 Å². The van der Waals surface area contributed by atoms with Crippen LogP contribution in [0.25, 0.3) is 0 Å². The molecule has 7 fully saturated rings. The Morgan fingerprint density at radius 1 is 0.682 bits per heavy atom. The Morgan fingerprint density at radius 3 is 1.86 bits per heavy atom. The first-order valence-electron chi connectivity index (χ1n) is 24.3. The van der Waals surface area contributed by atoms with Crippen LogP contribution in [-0.2, 0) is 71.1 Å². The normalized spacial score (nSPS) is 51.7. The van der Waals surface area contributed by atoms with E-state index >= 15 is 0 Å². The third kappa shape index (κ3) is 9.41. The Bertz CT molecular complexity index is 1750. The van der Waals surface area contributed by atoms with Gasteiger partial charge in [-0.1, -0.05) is 18.6 Å². The fourth-order valence-electron chi connectivity index (χ4n) is 12.8. The Balaban J connectivity index is 0.772. The highest BCUT2D eigenvalue weighted by Gasteiger charge is 2.59. The maximum atomic E-state index is 13.8. The monoisotopic (exact) mass is 938 g/mol. The van der Waals surface area contributed by atoms with E-state index < -0.39 is 122 Å². The van der Waals surface area contributed by atoms with E-state index in [0.29, 0.717) is 45.1 Å². The predicted molar refractivity (Wildman–Crippen MR) is 229 cm³/mol. The summed E-state index contributed by atoms with van der Waals surface area (Å²) in [5.74, 6) is -1.43. The summed E-state index contributed by atoms with van der Waals surface area (Å²) in [7, 11) is 4.80. The van der Waals surface area contributed by atoms with Gasteiger partial charge in [0.2, 0.25) is 5.79 Å². The largest absolute Gasteiger partial charge is 0.469 e. The molecule has 66 heavy (non-hydrogen) atoms. The maximum absolute atomic E-state index is 13.8. The van der Waals surface area contributed by atoms with Crippen LogP contribution in [0.1, 0.15) is 99.3 Å². The van der Waals surface area contributed by atoms with Crippen LogP contribution in [0.2, 0.25) is 0 Å². The molecule has 0 radical (unpaired) electrons. The van der Waals surface area contributed by atoms with E-state index in [1.54, 1.807) is 27.4 Å². The van der Waals surface area contributed by atoms with Crippen molar-refractivity contribution in [1.82, 2.24) is 0 Å². The zero-order valence-corrected chi connectivity index (χ0v) is 39.9. The van der Waals surface area contributed by atoms with Gasteiger partial charge in [-0.3, -0.25) is 4.79 Å². The van der Waals surface area contributed by atoms with Gasteiger partial charge in [0.25, 0.3) is 0 Å². The van der Waals surface area contributed by atoms with Crippen LogP contribution in [0.5, 0.6) is 0 Å². The molecule has 7 aliphatic heterocycles. The molecule has 1 saturated carbocycles. The van der Waals surface area contributed by atoms with Crippen molar-refractivity contribution in [3.05, 3.63) is 23.5 Å². The average Bonchev–Trinajstić information content (AvgIpc) is 3.79. The molecule has 0 aromatic carbocycles. The highest BCUT2D eigenvalue weighted by Crippen LogP contribution is 2.57. The van der Waals surface area contributed by atoms with Gasteiger partial charge in [-0.05, 0) is 76.7 Å². The SMILES string of the molecule is COC1CC(OC2C(O)CC(OC3C(C)OC(OC4C(C)OC(OC5CC6=CCC7C(=O)OC8COC9(C)OC=C(CCC7C6(C)CC5O)C89)CC4OC)CC3OC)OC2C)OC(C)C1O. The lowest BCUT2D eigenvalue weighted by Crippen LogP contribution is -2.58. The Morgan fingerprint density at radius 2 is 1.24 bits per heavy atom. The molecule has 18 nitrogen and oxygen atoms in total. The van der Waals surface area contributed by atoms with Crippen LogP contribution in [0.3, 0.4) is 0 Å². The van der Waals surface area contributed by atoms with Crippen molar-refractivity contribution in [3.63, 3.8) is 0 Å². The lowest BCUT2D eigenvalue weighted by molar-refractivity contribution is -0.347. The van der Waals surface area contributed by atoms with Crippen molar-refractivity contribution in [2.24, 2.45) is 23.2 Å². The Labute approximate surface area is 388 Å². The van der Waals surface area contributed by atoms with E-state index in [2.05, 4.69) is 13.0 Å². The van der Waals surface area contributed by atoms with Gasteiger partial charge in [-0.15, -0.1) is 0 Å². The van der Waals surface area contributed by atoms with Gasteiger partial charge in [0, 0.05) is 53.9 Å². The lowest BCUT2D eigenvalue weighted by atomic mass is 9.55. The van der Waals surface area contributed by atoms with Gasteiger partial charge in [0.05, 0.1) is 85.7 Å². The Kier molecular flexibility index (Phi) is 14.7. The number of fused-ring (bicyclic) bond motifs is 3. The predicted octanol–water partition coefficient (Wildman–Crippen LogP) is 3.54. The second-order valence-corrected chi connectivity index (χ2v) is 20.6. The van der Waals surface area contributed by atoms with Gasteiger partial charge in [-0.25, -0.2) is 0 Å². The van der Waals surface area contributed by atoms with E-state index in [9.17, 15) is 20.1 Å². The number of esters is 1. The topological polar surface area (TPSA) is 207 Å². The molecule has 2 aliphatic carbocycles. The number of allylic oxidation sites excluding steroid dienone is 1. The molecule has 6 saturated heterocycles. The van der Waals surface area contributed by atoms with E-state index in [1.807, 2.05) is 27.7 Å². The number of methoxy groups -OCH3 is 3. The summed E-state index contributed by atoms with van der Waals surface area (Å²) in [6, 6.07) is 0. The number of carbonyl (C=O) groups excluding carboxylic acids is 1. The molecule has 374 valence electrons. The van der Waals surface area contributed by atoms with Gasteiger partial charge >= 0.3 is 5.97 Å². The van der Waals surface area contributed by atoms with Gasteiger partial charge in [0.15, 0.2) is 25.2 Å². The number of aliphatic hydroxyl groups is 3. The minimum atomic E-state index is -0.907. The van der Waals surface area contributed by atoms with Crippen LogP contribution in [0, 0.1) is 23.2 Å². The molecule has 0 aromatic heterocycles. The van der Waals surface area contributed by atoms with E-state index in [-0.39, 0.29) is 36.2 Å². The third-order valence-electron chi connectivity index (χ3n) is 16.5. The number of hydrogen-bond donors (Lipinski definition) is 3. The first-order chi connectivity index (χ1) is 31.5. The fraction of sp³-hybridized carbons (Fsp3) is 0.896. The van der Waals surface area contributed by atoms with Crippen molar-refractivity contribution in [2.45, 2.75) is 222 Å². The van der Waals surface area contributed by atoms with Crippen molar-refractivity contribution in [1.29, 1.82) is 0 Å². The number of rotatable bonds is 11. The molecule has 9 aliphatic rings. The van der Waals surface area contributed by atoms with Crippen LogP contribution < -0.4 is 0 Å². The number of carbonyl (C=O) groups is 1. The standard InChI is InChI=1S/C48H74O18/c1-22-42(51)33(53-7)16-39(58-22)64-43-23(2)59-37(15-30(43)49)65-44-25(4)61-40(18-35(44)55-9)66-45-24(3)60-38(17-34(45)54-8)62-32-14-27-11-12-28-29(47(27,5)19-31(32)50)13-10-26-20-56-48(6)41(26)36(21-57-48)63-46(28)52/h11,20,22-25,28-45,49-51H,10,12-19,21H2,1-9H3. The van der Waals surface area contributed by atoms with Crippen molar-refractivity contribution in [3.8, 4) is 0 Å². The molecule has 0 spiro atoms. The number of ether oxygens (including phenoxy) is 14. The first-order valence-corrected chi connectivity index (χ1v) is 24.3. The van der Waals surface area contributed by atoms with E-state index in [0.717, 1.165) is 18.4 Å². The van der Waals surface area contributed by atoms with Crippen LogP contribution >= 0.6 is 0 Å². The number of aliphatic hydroxyl groups excluding tert-OH is 3. The molecular weight excluding hydrogens is 865 g/mol. The van der Waals surface area contributed by atoms with Gasteiger partial charge in [0.1, 0.15) is 30.5 Å². The second-order valence-electron chi connectivity index (χ2n) is 20.6. The molecule has 3 N–H and O–H groups in total. The smallest absolute Gasteiger partial charge is 0.309 e. The van der Waals surface area contributed by atoms with Crippen molar-refractivity contribution < 1.29 is 86.4 Å². The fourth-order valence-corrected chi connectivity index (χ4v) is 12.8. The summed E-state index contributed by atoms with van der Waals surface area (Å²) in [6.07, 6.45) is -2.74. The average molecular weight is 939 g/mol. The van der Waals surface area contributed by atoms with Crippen LogP contribution in [0.4, 0.5) is 0 Å². The molecule has 0 aromatic rings. The molecule has 18 heteroatoms. The number of hydrogen-bond acceptors (Lipinski definition) is 18. The quantitative estimate of drug-likeness (QED) is 0.200. The molecule has 0 amide bonds. The zero-order chi connectivity index (χ0) is 46.8. The molecule has 24 unspecified atom stereocenters. The molecule has 7 heterocycles. The van der Waals surface area contributed by atoms with Gasteiger partial charge in [-0.2, -0.15) is 0 Å². The minimum absolute atomic E-state index is 0.0155. The van der Waals surface area contributed by atoms with Gasteiger partial charge < -0.3 is 81.6 Å². The van der Waals surface area contributed by atoms with Crippen molar-refractivity contribution in [2.75, 3.05) is 27.9 Å². The second kappa shape index (κ2) is 19.7. The zero-order valence-electron chi connectivity index (χ0n) is 39.9. The minimum Gasteiger partial charge on any atom is -0.469 e. The van der Waals surface area contributed by atoms with E-state index in [1.165, 1.54) is 12.7 Å². The summed E-state index contributed by atoms with van der Waals surface area (Å²) < 4.78 is 86.3. The Hall–Kier alpha value is -1.85. The summed E-state index contributed by atoms with van der Waals surface area (Å²) in [4.78, 5) is 13.8. The first kappa shape index (κ1) is 49.1. The summed E-state index contributed by atoms with van der Waals surface area (Å²) >= 11 is 0. The summed E-state index contributed by atoms with van der Waals surface area (Å²) in [5, 5.41) is 33.4. The summed E-state index contributed by atoms with van der Waals surface area (Å²) in [5.41, 5.74) is 1.91. The lowest BCUT2D eigenvalue weighted by Gasteiger charge is -2.52.